The first-order chi connectivity index (χ1) is 18.2. The van der Waals surface area contributed by atoms with E-state index in [1.807, 2.05) is 72.8 Å². The summed E-state index contributed by atoms with van der Waals surface area (Å²) in [7, 11) is 1.61. The van der Waals surface area contributed by atoms with E-state index in [0.29, 0.717) is 23.6 Å². The molecule has 0 saturated carbocycles. The van der Waals surface area contributed by atoms with Crippen LogP contribution in [0.5, 0.6) is 5.75 Å². The smallest absolute Gasteiger partial charge is 0.272 e. The fourth-order valence-electron chi connectivity index (χ4n) is 4.13. The minimum atomic E-state index is -0.270. The van der Waals surface area contributed by atoms with Gasteiger partial charge in [0.15, 0.2) is 5.65 Å². The van der Waals surface area contributed by atoms with E-state index in [0.717, 1.165) is 22.4 Å². The van der Waals surface area contributed by atoms with Crippen molar-refractivity contribution in [3.8, 4) is 34.3 Å². The molecule has 2 aromatic carbocycles. The minimum absolute atomic E-state index is 0.210. The Balaban J connectivity index is 1.63. The zero-order valence-corrected chi connectivity index (χ0v) is 20.3. The largest absolute Gasteiger partial charge is 0.497 e. The number of ether oxygens (including phenoxy) is 1. The second-order valence-electron chi connectivity index (χ2n) is 8.42. The van der Waals surface area contributed by atoms with Crippen molar-refractivity contribution in [1.29, 1.82) is 5.26 Å². The Hall–Kier alpha value is -5.03. The summed E-state index contributed by atoms with van der Waals surface area (Å²) in [6.45, 7) is 0.602. The van der Waals surface area contributed by atoms with Gasteiger partial charge in [0.1, 0.15) is 11.4 Å². The van der Waals surface area contributed by atoms with E-state index in [9.17, 15) is 10.1 Å². The maximum atomic E-state index is 13.8. The van der Waals surface area contributed by atoms with E-state index in [4.69, 9.17) is 14.8 Å². The first kappa shape index (κ1) is 23.7. The van der Waals surface area contributed by atoms with Crippen molar-refractivity contribution in [1.82, 2.24) is 24.5 Å². The van der Waals surface area contributed by atoms with Crippen molar-refractivity contribution < 1.29 is 9.53 Å². The van der Waals surface area contributed by atoms with Gasteiger partial charge in [0.2, 0.25) is 0 Å². The summed E-state index contributed by atoms with van der Waals surface area (Å²) in [5, 5.41) is 14.0. The highest BCUT2D eigenvalue weighted by atomic mass is 16.5. The second-order valence-corrected chi connectivity index (χ2v) is 8.42. The summed E-state index contributed by atoms with van der Waals surface area (Å²) in [6.07, 6.45) is 3.61. The van der Waals surface area contributed by atoms with Gasteiger partial charge in [0.05, 0.1) is 31.0 Å². The quantitative estimate of drug-likeness (QED) is 0.304. The van der Waals surface area contributed by atoms with Gasteiger partial charge in [-0.3, -0.25) is 9.78 Å². The molecule has 0 unspecified atom stereocenters. The molecule has 0 aliphatic carbocycles. The lowest BCUT2D eigenvalue weighted by atomic mass is 10.1. The van der Waals surface area contributed by atoms with Crippen LogP contribution in [0.25, 0.3) is 28.2 Å². The van der Waals surface area contributed by atoms with Gasteiger partial charge in [-0.1, -0.05) is 48.5 Å². The number of methoxy groups -OCH3 is 1. The van der Waals surface area contributed by atoms with Gasteiger partial charge >= 0.3 is 0 Å². The molecule has 5 aromatic rings. The summed E-state index contributed by atoms with van der Waals surface area (Å²) in [6, 6.07) is 26.9. The van der Waals surface area contributed by atoms with Crippen molar-refractivity contribution in [3.05, 3.63) is 103 Å². The van der Waals surface area contributed by atoms with Crippen LogP contribution in [-0.2, 0) is 6.54 Å². The molecule has 8 heteroatoms. The maximum Gasteiger partial charge on any atom is 0.272 e. The summed E-state index contributed by atoms with van der Waals surface area (Å²) < 4.78 is 7.18. The number of rotatable bonds is 8. The lowest BCUT2D eigenvalue weighted by Crippen LogP contribution is -2.32. The number of carbonyl (C=O) groups is 1. The standard InChI is InChI=1S/C29H24N6O2/c1-37-24-12-5-11-23(16-24)27-17-26(29(36)34(15-7-13-30)20-21-8-6-14-31-19-21)32-28-18-25(33-35(27)28)22-9-3-2-4-10-22/h2-6,8-12,14,16-19H,7,15,20H2,1H3. The predicted octanol–water partition coefficient (Wildman–Crippen LogP) is 5.02. The van der Waals surface area contributed by atoms with Crippen molar-refractivity contribution in [2.75, 3.05) is 13.7 Å². The molecule has 0 radical (unpaired) electrons. The number of nitriles is 1. The third-order valence-electron chi connectivity index (χ3n) is 5.96. The highest BCUT2D eigenvalue weighted by Crippen LogP contribution is 2.28. The normalized spacial score (nSPS) is 10.7. The molecule has 0 N–H and O–H groups in total. The number of amides is 1. The maximum absolute atomic E-state index is 13.8. The highest BCUT2D eigenvalue weighted by Gasteiger charge is 2.21. The van der Waals surface area contributed by atoms with Crippen molar-refractivity contribution in [3.63, 3.8) is 0 Å². The van der Waals surface area contributed by atoms with Crippen LogP contribution in [0.3, 0.4) is 0 Å². The zero-order chi connectivity index (χ0) is 25.6. The number of benzene rings is 2. The highest BCUT2D eigenvalue weighted by molar-refractivity contribution is 5.94. The molecule has 0 atom stereocenters. The first-order valence-corrected chi connectivity index (χ1v) is 11.8. The molecule has 3 aromatic heterocycles. The Bertz CT molecular complexity index is 1580. The average molecular weight is 489 g/mol. The number of fused-ring (bicyclic) bond motifs is 1. The van der Waals surface area contributed by atoms with Crippen molar-refractivity contribution in [2.45, 2.75) is 13.0 Å². The van der Waals surface area contributed by atoms with Crippen LogP contribution in [0, 0.1) is 11.3 Å². The topological polar surface area (TPSA) is 96.4 Å². The van der Waals surface area contributed by atoms with Crippen LogP contribution in [0.1, 0.15) is 22.5 Å². The average Bonchev–Trinajstić information content (AvgIpc) is 3.40. The van der Waals surface area contributed by atoms with Crippen LogP contribution in [0.15, 0.2) is 91.3 Å². The van der Waals surface area contributed by atoms with E-state index >= 15 is 0 Å². The van der Waals surface area contributed by atoms with Gasteiger partial charge < -0.3 is 9.64 Å². The van der Waals surface area contributed by atoms with Gasteiger partial charge in [-0.2, -0.15) is 10.4 Å². The zero-order valence-electron chi connectivity index (χ0n) is 20.3. The van der Waals surface area contributed by atoms with Crippen LogP contribution >= 0.6 is 0 Å². The summed E-state index contributed by atoms with van der Waals surface area (Å²) in [4.78, 5) is 24.2. The molecule has 0 fully saturated rings. The number of aromatic nitrogens is 4. The number of pyridine rings is 1. The number of hydrogen-bond donors (Lipinski definition) is 0. The molecule has 5 rings (SSSR count). The van der Waals surface area contributed by atoms with Crippen LogP contribution in [-0.4, -0.2) is 44.0 Å². The third kappa shape index (κ3) is 5.16. The van der Waals surface area contributed by atoms with Crippen LogP contribution in [0.4, 0.5) is 0 Å². The SMILES string of the molecule is COc1cccc(-c2cc(C(=O)N(CCC#N)Cc3cccnc3)nc3cc(-c4ccccc4)nn23)c1. The van der Waals surface area contributed by atoms with Gasteiger partial charge in [-0.15, -0.1) is 0 Å². The number of hydrogen-bond acceptors (Lipinski definition) is 6. The molecular formula is C29H24N6O2. The molecule has 8 nitrogen and oxygen atoms in total. The molecule has 0 spiro atoms. The Morgan fingerprint density at radius 2 is 1.86 bits per heavy atom. The van der Waals surface area contributed by atoms with Crippen LogP contribution in [0.2, 0.25) is 0 Å². The summed E-state index contributed by atoms with van der Waals surface area (Å²) in [5.41, 5.74) is 4.92. The predicted molar refractivity (Wildman–Crippen MR) is 140 cm³/mol. The Morgan fingerprint density at radius 3 is 2.62 bits per heavy atom. The Morgan fingerprint density at radius 1 is 1.03 bits per heavy atom. The third-order valence-corrected chi connectivity index (χ3v) is 5.96. The van der Waals surface area contributed by atoms with Crippen molar-refractivity contribution in [2.24, 2.45) is 0 Å². The van der Waals surface area contributed by atoms with E-state index in [1.165, 1.54) is 0 Å². The number of nitrogens with zero attached hydrogens (tertiary/aromatic N) is 6. The minimum Gasteiger partial charge on any atom is -0.497 e. The second kappa shape index (κ2) is 10.7. The molecule has 37 heavy (non-hydrogen) atoms. The molecule has 182 valence electrons. The summed E-state index contributed by atoms with van der Waals surface area (Å²) in [5.74, 6) is 0.422. The lowest BCUT2D eigenvalue weighted by Gasteiger charge is -2.21. The lowest BCUT2D eigenvalue weighted by molar-refractivity contribution is 0.0741. The Labute approximate surface area is 214 Å². The van der Waals surface area contributed by atoms with Crippen LogP contribution < -0.4 is 4.74 Å². The van der Waals surface area contributed by atoms with Gasteiger partial charge in [0.25, 0.3) is 5.91 Å². The van der Waals surface area contributed by atoms with E-state index in [2.05, 4.69) is 11.1 Å². The molecule has 3 heterocycles. The van der Waals surface area contributed by atoms with Gasteiger partial charge in [-0.25, -0.2) is 9.50 Å². The van der Waals surface area contributed by atoms with E-state index < -0.39 is 0 Å². The fraction of sp³-hybridized carbons (Fsp3) is 0.138. The monoisotopic (exact) mass is 488 g/mol. The molecule has 1 amide bonds. The molecule has 0 saturated heterocycles. The number of carbonyl (C=O) groups excluding carboxylic acids is 1. The van der Waals surface area contributed by atoms with Gasteiger partial charge in [0, 0.05) is 42.7 Å². The van der Waals surface area contributed by atoms with E-state index in [1.54, 1.807) is 35.0 Å². The van der Waals surface area contributed by atoms with E-state index in [-0.39, 0.29) is 24.6 Å². The Kier molecular flexibility index (Phi) is 6.86. The fourth-order valence-corrected chi connectivity index (χ4v) is 4.13. The first-order valence-electron chi connectivity index (χ1n) is 11.8. The molecule has 0 aliphatic heterocycles. The summed E-state index contributed by atoms with van der Waals surface area (Å²) >= 11 is 0. The molecule has 0 aliphatic rings. The van der Waals surface area contributed by atoms with Crippen molar-refractivity contribution >= 4 is 11.6 Å². The molecular weight excluding hydrogens is 464 g/mol. The van der Waals surface area contributed by atoms with Gasteiger partial charge in [-0.05, 0) is 29.8 Å². The molecule has 0 bridgehead atoms.